The monoisotopic (exact) mass is 296 g/mol. The van der Waals surface area contributed by atoms with Gasteiger partial charge in [-0.1, -0.05) is 6.07 Å². The van der Waals surface area contributed by atoms with Crippen molar-refractivity contribution in [2.24, 2.45) is 5.92 Å². The molecule has 112 valence electrons. The maximum absolute atomic E-state index is 12.4. The average molecular weight is 296 g/mol. The predicted molar refractivity (Wildman–Crippen MR) is 80.9 cm³/mol. The van der Waals surface area contributed by atoms with Gasteiger partial charge in [0.2, 0.25) is 6.79 Å². The van der Waals surface area contributed by atoms with E-state index in [9.17, 15) is 4.79 Å². The molecule has 5 nitrogen and oxygen atoms in total. The summed E-state index contributed by atoms with van der Waals surface area (Å²) in [6, 6.07) is 7.27. The van der Waals surface area contributed by atoms with Crippen LogP contribution < -0.4 is 9.47 Å². The Morgan fingerprint density at radius 3 is 3.09 bits per heavy atom. The van der Waals surface area contributed by atoms with Crippen molar-refractivity contribution in [1.82, 2.24) is 9.78 Å². The summed E-state index contributed by atoms with van der Waals surface area (Å²) in [5.74, 6) is 1.80. The fourth-order valence-electron chi connectivity index (χ4n) is 2.56. The van der Waals surface area contributed by atoms with Crippen LogP contribution in [0, 0.1) is 5.92 Å². The standard InChI is InChI=1S/C17H16N2O3/c20-15(14-2-1-3-16-17(14)22-11-21-16)7-6-13-8-9-18-19(13)10-12-4-5-12/h1-3,6-9,12H,4-5,10-11H2/b7-6+. The zero-order chi connectivity index (χ0) is 14.9. The smallest absolute Gasteiger partial charge is 0.231 e. The molecule has 0 saturated heterocycles. The molecule has 1 saturated carbocycles. The van der Waals surface area contributed by atoms with Gasteiger partial charge in [-0.2, -0.15) is 5.10 Å². The Kier molecular flexibility index (Phi) is 3.18. The van der Waals surface area contributed by atoms with Crippen molar-refractivity contribution in [2.75, 3.05) is 6.79 Å². The van der Waals surface area contributed by atoms with Gasteiger partial charge in [0.1, 0.15) is 0 Å². The van der Waals surface area contributed by atoms with Crippen LogP contribution in [0.2, 0.25) is 0 Å². The van der Waals surface area contributed by atoms with E-state index in [2.05, 4.69) is 5.10 Å². The zero-order valence-electron chi connectivity index (χ0n) is 12.1. The number of carbonyl (C=O) groups excluding carboxylic acids is 1. The molecule has 0 atom stereocenters. The summed E-state index contributed by atoms with van der Waals surface area (Å²) in [4.78, 5) is 12.4. The summed E-state index contributed by atoms with van der Waals surface area (Å²) in [5.41, 5.74) is 1.48. The van der Waals surface area contributed by atoms with Crippen LogP contribution in [-0.2, 0) is 6.54 Å². The van der Waals surface area contributed by atoms with E-state index in [0.717, 1.165) is 18.2 Å². The normalized spacial score (nSPS) is 16.4. The van der Waals surface area contributed by atoms with E-state index in [1.54, 1.807) is 30.5 Å². The second-order valence-electron chi connectivity index (χ2n) is 5.62. The first kappa shape index (κ1) is 13.1. The molecule has 1 fully saturated rings. The minimum absolute atomic E-state index is 0.0958. The number of para-hydroxylation sites is 1. The molecule has 2 aliphatic rings. The molecule has 0 spiro atoms. The first-order chi connectivity index (χ1) is 10.8. The Hall–Kier alpha value is -2.56. The maximum Gasteiger partial charge on any atom is 0.231 e. The lowest BCUT2D eigenvalue weighted by Crippen LogP contribution is -2.04. The van der Waals surface area contributed by atoms with Gasteiger partial charge < -0.3 is 9.47 Å². The molecular formula is C17H16N2O3. The van der Waals surface area contributed by atoms with Gasteiger partial charge in [0, 0.05) is 12.7 Å². The van der Waals surface area contributed by atoms with Gasteiger partial charge in [-0.3, -0.25) is 9.48 Å². The topological polar surface area (TPSA) is 53.4 Å². The van der Waals surface area contributed by atoms with E-state index in [0.29, 0.717) is 17.1 Å². The molecule has 1 aromatic heterocycles. The molecule has 0 unspecified atom stereocenters. The molecule has 0 amide bonds. The maximum atomic E-state index is 12.4. The summed E-state index contributed by atoms with van der Waals surface area (Å²) < 4.78 is 12.6. The summed E-state index contributed by atoms with van der Waals surface area (Å²) in [7, 11) is 0. The molecule has 1 aliphatic carbocycles. The van der Waals surface area contributed by atoms with Crippen molar-refractivity contribution < 1.29 is 14.3 Å². The van der Waals surface area contributed by atoms with E-state index in [1.807, 2.05) is 16.8 Å². The number of hydrogen-bond acceptors (Lipinski definition) is 4. The third-order valence-corrected chi connectivity index (χ3v) is 3.94. The number of nitrogens with zero attached hydrogens (tertiary/aromatic N) is 2. The van der Waals surface area contributed by atoms with Crippen LogP contribution in [0.1, 0.15) is 28.9 Å². The highest BCUT2D eigenvalue weighted by Gasteiger charge is 2.23. The molecule has 22 heavy (non-hydrogen) atoms. The minimum atomic E-state index is -0.0958. The summed E-state index contributed by atoms with van der Waals surface area (Å²) >= 11 is 0. The minimum Gasteiger partial charge on any atom is -0.454 e. The summed E-state index contributed by atoms with van der Waals surface area (Å²) in [5, 5.41) is 4.31. The van der Waals surface area contributed by atoms with Crippen LogP contribution >= 0.6 is 0 Å². The first-order valence-corrected chi connectivity index (χ1v) is 7.44. The molecular weight excluding hydrogens is 280 g/mol. The number of aromatic nitrogens is 2. The van der Waals surface area contributed by atoms with Crippen molar-refractivity contribution in [2.45, 2.75) is 19.4 Å². The van der Waals surface area contributed by atoms with Gasteiger partial charge in [0.15, 0.2) is 17.3 Å². The second-order valence-corrected chi connectivity index (χ2v) is 5.62. The van der Waals surface area contributed by atoms with E-state index in [1.165, 1.54) is 12.8 Å². The Balaban J connectivity index is 1.54. The number of benzene rings is 1. The lowest BCUT2D eigenvalue weighted by atomic mass is 10.1. The molecule has 1 aromatic carbocycles. The number of fused-ring (bicyclic) bond motifs is 1. The molecule has 4 rings (SSSR count). The molecule has 0 N–H and O–H groups in total. The largest absolute Gasteiger partial charge is 0.454 e. The molecule has 5 heteroatoms. The number of ketones is 1. The van der Waals surface area contributed by atoms with Gasteiger partial charge in [-0.05, 0) is 49.1 Å². The Bertz CT molecular complexity index is 744. The average Bonchev–Trinajstić information content (AvgIpc) is 3.03. The van der Waals surface area contributed by atoms with Crippen molar-refractivity contribution in [3.63, 3.8) is 0 Å². The van der Waals surface area contributed by atoms with Crippen LogP contribution in [0.5, 0.6) is 11.5 Å². The summed E-state index contributed by atoms with van der Waals surface area (Å²) in [6.07, 6.45) is 7.69. The van der Waals surface area contributed by atoms with E-state index in [4.69, 9.17) is 9.47 Å². The Morgan fingerprint density at radius 2 is 2.23 bits per heavy atom. The fraction of sp³-hybridized carbons (Fsp3) is 0.294. The van der Waals surface area contributed by atoms with Gasteiger partial charge in [0.25, 0.3) is 0 Å². The highest BCUT2D eigenvalue weighted by atomic mass is 16.7. The molecule has 2 aromatic rings. The Labute approximate surface area is 128 Å². The number of ether oxygens (including phenoxy) is 2. The third-order valence-electron chi connectivity index (χ3n) is 3.94. The van der Waals surface area contributed by atoms with Gasteiger partial charge in [-0.25, -0.2) is 0 Å². The van der Waals surface area contributed by atoms with Crippen LogP contribution in [0.4, 0.5) is 0 Å². The van der Waals surface area contributed by atoms with E-state index < -0.39 is 0 Å². The first-order valence-electron chi connectivity index (χ1n) is 7.44. The number of hydrogen-bond donors (Lipinski definition) is 0. The van der Waals surface area contributed by atoms with Gasteiger partial charge in [-0.15, -0.1) is 0 Å². The molecule has 0 bridgehead atoms. The van der Waals surface area contributed by atoms with E-state index in [-0.39, 0.29) is 12.6 Å². The summed E-state index contributed by atoms with van der Waals surface area (Å²) in [6.45, 7) is 1.09. The SMILES string of the molecule is O=C(/C=C/c1ccnn1CC1CC1)c1cccc2c1OCO2. The number of carbonyl (C=O) groups is 1. The van der Waals surface area contributed by atoms with E-state index >= 15 is 0 Å². The zero-order valence-corrected chi connectivity index (χ0v) is 12.1. The van der Waals surface area contributed by atoms with Crippen molar-refractivity contribution in [1.29, 1.82) is 0 Å². The Morgan fingerprint density at radius 1 is 1.32 bits per heavy atom. The lowest BCUT2D eigenvalue weighted by molar-refractivity contribution is 0.104. The lowest BCUT2D eigenvalue weighted by Gasteiger charge is -2.03. The van der Waals surface area contributed by atoms with Crippen molar-refractivity contribution in [3.05, 3.63) is 47.8 Å². The highest BCUT2D eigenvalue weighted by Crippen LogP contribution is 2.35. The van der Waals surface area contributed by atoms with Crippen LogP contribution in [0.3, 0.4) is 0 Å². The third kappa shape index (κ3) is 2.50. The quantitative estimate of drug-likeness (QED) is 0.629. The highest BCUT2D eigenvalue weighted by molar-refractivity contribution is 6.09. The second kappa shape index (κ2) is 5.33. The number of rotatable bonds is 5. The van der Waals surface area contributed by atoms with Crippen LogP contribution in [0.25, 0.3) is 6.08 Å². The van der Waals surface area contributed by atoms with Crippen molar-refractivity contribution in [3.8, 4) is 11.5 Å². The molecule has 0 radical (unpaired) electrons. The molecule has 1 aliphatic heterocycles. The number of allylic oxidation sites excluding steroid dienone is 1. The van der Waals surface area contributed by atoms with Crippen LogP contribution in [0.15, 0.2) is 36.5 Å². The molecule has 2 heterocycles. The predicted octanol–water partition coefficient (Wildman–Crippen LogP) is 2.92. The van der Waals surface area contributed by atoms with Gasteiger partial charge >= 0.3 is 0 Å². The fourth-order valence-corrected chi connectivity index (χ4v) is 2.56. The van der Waals surface area contributed by atoms with Crippen molar-refractivity contribution >= 4 is 11.9 Å². The van der Waals surface area contributed by atoms with Crippen LogP contribution in [-0.4, -0.2) is 22.4 Å². The van der Waals surface area contributed by atoms with Gasteiger partial charge in [0.05, 0.1) is 11.3 Å².